The summed E-state index contributed by atoms with van der Waals surface area (Å²) in [5.74, 6) is 0.320. The number of anilines is 2. The molecule has 0 aromatic heterocycles. The van der Waals surface area contributed by atoms with Crippen LogP contribution in [0.1, 0.15) is 39.1 Å². The van der Waals surface area contributed by atoms with E-state index in [-0.39, 0.29) is 11.8 Å². The zero-order chi connectivity index (χ0) is 29.4. The molecule has 0 bridgehead atoms. The fourth-order valence-corrected chi connectivity index (χ4v) is 6.18. The molecule has 2 heterocycles. The van der Waals surface area contributed by atoms with Gasteiger partial charge in [-0.1, -0.05) is 60.7 Å². The second kappa shape index (κ2) is 13.8. The van der Waals surface area contributed by atoms with Gasteiger partial charge in [0.1, 0.15) is 0 Å². The first-order chi connectivity index (χ1) is 21.1. The van der Waals surface area contributed by atoms with E-state index in [1.54, 1.807) is 0 Å². The van der Waals surface area contributed by atoms with Crippen LogP contribution in [0.5, 0.6) is 0 Å². The van der Waals surface area contributed by atoms with Crippen LogP contribution in [0.2, 0.25) is 0 Å². The maximum absolute atomic E-state index is 13.6. The summed E-state index contributed by atoms with van der Waals surface area (Å²) in [7, 11) is 0. The fourth-order valence-electron chi connectivity index (χ4n) is 6.18. The first kappa shape index (κ1) is 28.9. The van der Waals surface area contributed by atoms with Gasteiger partial charge in [0, 0.05) is 56.2 Å². The Balaban J connectivity index is 1.16. The molecular formula is C36H40N4O3. The van der Waals surface area contributed by atoms with Crippen LogP contribution in [0.15, 0.2) is 91.0 Å². The molecule has 43 heavy (non-hydrogen) atoms. The molecule has 0 aliphatic carbocycles. The Morgan fingerprint density at radius 1 is 0.767 bits per heavy atom. The van der Waals surface area contributed by atoms with Gasteiger partial charge < -0.3 is 20.3 Å². The number of benzene rings is 4. The van der Waals surface area contributed by atoms with Gasteiger partial charge in [-0.2, -0.15) is 0 Å². The average molecular weight is 577 g/mol. The monoisotopic (exact) mass is 576 g/mol. The highest BCUT2D eigenvalue weighted by atomic mass is 16.5. The second-order valence-corrected chi connectivity index (χ2v) is 11.6. The van der Waals surface area contributed by atoms with Crippen molar-refractivity contribution >= 4 is 34.0 Å². The maximum Gasteiger partial charge on any atom is 0.255 e. The van der Waals surface area contributed by atoms with Crippen molar-refractivity contribution in [1.29, 1.82) is 0 Å². The highest BCUT2D eigenvalue weighted by Gasteiger charge is 2.24. The summed E-state index contributed by atoms with van der Waals surface area (Å²) in [5.41, 5.74) is 4.09. The SMILES string of the molecule is O=C(Nc1ccc(N2CCC(Cc3ccccc3)CC2)c(C(=O)NCCN2CCOCC2)c1)c1ccc2ccccc2c1. The minimum atomic E-state index is -0.195. The van der Waals surface area contributed by atoms with Crippen LogP contribution < -0.4 is 15.5 Å². The van der Waals surface area contributed by atoms with Gasteiger partial charge in [-0.05, 0) is 71.8 Å². The van der Waals surface area contributed by atoms with E-state index in [1.807, 2.05) is 60.7 Å². The van der Waals surface area contributed by atoms with Crippen molar-refractivity contribution in [2.75, 3.05) is 62.7 Å². The normalized spacial score (nSPS) is 16.2. The van der Waals surface area contributed by atoms with E-state index < -0.39 is 0 Å². The molecule has 0 unspecified atom stereocenters. The zero-order valence-corrected chi connectivity index (χ0v) is 24.6. The van der Waals surface area contributed by atoms with Crippen LogP contribution in [-0.2, 0) is 11.2 Å². The average Bonchev–Trinajstić information content (AvgIpc) is 3.06. The first-order valence-corrected chi connectivity index (χ1v) is 15.4. The molecular weight excluding hydrogens is 536 g/mol. The van der Waals surface area contributed by atoms with Crippen LogP contribution in [0.25, 0.3) is 10.8 Å². The molecule has 7 nitrogen and oxygen atoms in total. The molecule has 7 heteroatoms. The third-order valence-corrected chi connectivity index (χ3v) is 8.65. The first-order valence-electron chi connectivity index (χ1n) is 15.4. The van der Waals surface area contributed by atoms with E-state index in [0.29, 0.717) is 29.3 Å². The van der Waals surface area contributed by atoms with Crippen molar-refractivity contribution in [3.63, 3.8) is 0 Å². The zero-order valence-electron chi connectivity index (χ0n) is 24.6. The van der Waals surface area contributed by atoms with E-state index >= 15 is 0 Å². The molecule has 0 spiro atoms. The van der Waals surface area contributed by atoms with Crippen LogP contribution in [0.3, 0.4) is 0 Å². The van der Waals surface area contributed by atoms with Gasteiger partial charge in [0.2, 0.25) is 0 Å². The van der Waals surface area contributed by atoms with Crippen molar-refractivity contribution in [3.8, 4) is 0 Å². The predicted molar refractivity (Wildman–Crippen MR) is 173 cm³/mol. The highest BCUT2D eigenvalue weighted by Crippen LogP contribution is 2.30. The van der Waals surface area contributed by atoms with E-state index in [1.165, 1.54) is 5.56 Å². The van der Waals surface area contributed by atoms with Gasteiger partial charge >= 0.3 is 0 Å². The van der Waals surface area contributed by atoms with E-state index in [9.17, 15) is 9.59 Å². The number of nitrogens with one attached hydrogen (secondary N) is 2. The number of fused-ring (bicyclic) bond motifs is 1. The highest BCUT2D eigenvalue weighted by molar-refractivity contribution is 6.08. The number of carbonyl (C=O) groups excluding carboxylic acids is 2. The molecule has 2 fully saturated rings. The minimum Gasteiger partial charge on any atom is -0.379 e. The largest absolute Gasteiger partial charge is 0.379 e. The number of amides is 2. The van der Waals surface area contributed by atoms with Gasteiger partial charge in [-0.25, -0.2) is 0 Å². The van der Waals surface area contributed by atoms with Crippen LogP contribution in [-0.4, -0.2) is 69.2 Å². The Labute approximate surface area is 253 Å². The number of morpholine rings is 1. The molecule has 2 aliphatic heterocycles. The number of rotatable bonds is 9. The lowest BCUT2D eigenvalue weighted by Gasteiger charge is -2.35. The topological polar surface area (TPSA) is 73.9 Å². The minimum absolute atomic E-state index is 0.114. The summed E-state index contributed by atoms with van der Waals surface area (Å²) in [6.07, 6.45) is 3.24. The Morgan fingerprint density at radius 2 is 1.51 bits per heavy atom. The fraction of sp³-hybridized carbons (Fsp3) is 0.333. The molecule has 0 atom stereocenters. The van der Waals surface area contributed by atoms with E-state index in [0.717, 1.165) is 81.7 Å². The van der Waals surface area contributed by atoms with Gasteiger partial charge in [-0.3, -0.25) is 14.5 Å². The number of hydrogen-bond donors (Lipinski definition) is 2. The lowest BCUT2D eigenvalue weighted by Crippen LogP contribution is -2.41. The summed E-state index contributed by atoms with van der Waals surface area (Å²) in [5, 5.41) is 8.27. The molecule has 222 valence electrons. The standard InChI is InChI=1S/C36H40N4O3/c41-35(31-11-10-29-8-4-5-9-30(29)25-31)38-32-12-13-34(33(26-32)36(42)37-16-19-39-20-22-43-23-21-39)40-17-14-28(15-18-40)24-27-6-2-1-3-7-27/h1-13,25-26,28H,14-24H2,(H,37,42)(H,38,41). The number of hydrogen-bond acceptors (Lipinski definition) is 5. The van der Waals surface area contributed by atoms with Crippen molar-refractivity contribution in [2.45, 2.75) is 19.3 Å². The lowest BCUT2D eigenvalue weighted by molar-refractivity contribution is 0.0383. The molecule has 0 saturated carbocycles. The summed E-state index contributed by atoms with van der Waals surface area (Å²) in [6, 6.07) is 30.1. The van der Waals surface area contributed by atoms with Gasteiger partial charge in [0.05, 0.1) is 18.8 Å². The molecule has 2 amide bonds. The quantitative estimate of drug-likeness (QED) is 0.271. The van der Waals surface area contributed by atoms with Crippen LogP contribution >= 0.6 is 0 Å². The third-order valence-electron chi connectivity index (χ3n) is 8.65. The predicted octanol–water partition coefficient (Wildman–Crippen LogP) is 5.61. The third kappa shape index (κ3) is 7.42. The lowest BCUT2D eigenvalue weighted by atomic mass is 9.89. The van der Waals surface area contributed by atoms with Crippen molar-refractivity contribution in [3.05, 3.63) is 108 Å². The van der Waals surface area contributed by atoms with Crippen LogP contribution in [0.4, 0.5) is 11.4 Å². The number of carbonyl (C=O) groups is 2. The van der Waals surface area contributed by atoms with E-state index in [2.05, 4.69) is 50.8 Å². The number of ether oxygens (including phenoxy) is 1. The Bertz CT molecular complexity index is 1540. The van der Waals surface area contributed by atoms with Crippen LogP contribution in [0, 0.1) is 5.92 Å². The van der Waals surface area contributed by atoms with Gasteiger partial charge in [0.15, 0.2) is 0 Å². The molecule has 2 aliphatic rings. The Morgan fingerprint density at radius 3 is 2.30 bits per heavy atom. The maximum atomic E-state index is 13.6. The van der Waals surface area contributed by atoms with Crippen molar-refractivity contribution in [2.24, 2.45) is 5.92 Å². The Kier molecular flexibility index (Phi) is 9.31. The summed E-state index contributed by atoms with van der Waals surface area (Å²) in [6.45, 7) is 6.38. The van der Waals surface area contributed by atoms with E-state index in [4.69, 9.17) is 4.74 Å². The number of nitrogens with zero attached hydrogens (tertiary/aromatic N) is 2. The molecule has 4 aromatic carbocycles. The summed E-state index contributed by atoms with van der Waals surface area (Å²) < 4.78 is 5.45. The van der Waals surface area contributed by atoms with Gasteiger partial charge in [0.25, 0.3) is 11.8 Å². The summed E-state index contributed by atoms with van der Waals surface area (Å²) >= 11 is 0. The van der Waals surface area contributed by atoms with Crippen molar-refractivity contribution in [1.82, 2.24) is 10.2 Å². The summed E-state index contributed by atoms with van der Waals surface area (Å²) in [4.78, 5) is 31.5. The number of piperidine rings is 1. The smallest absolute Gasteiger partial charge is 0.255 e. The molecule has 2 saturated heterocycles. The molecule has 0 radical (unpaired) electrons. The molecule has 4 aromatic rings. The Hall–Kier alpha value is -4.20. The molecule has 6 rings (SSSR count). The second-order valence-electron chi connectivity index (χ2n) is 11.6. The molecule has 2 N–H and O–H groups in total. The van der Waals surface area contributed by atoms with Crippen molar-refractivity contribution < 1.29 is 14.3 Å². The van der Waals surface area contributed by atoms with Gasteiger partial charge in [-0.15, -0.1) is 0 Å².